The molecule has 0 aliphatic rings. The Morgan fingerprint density at radius 2 is 1.87 bits per heavy atom. The van der Waals surface area contributed by atoms with E-state index in [1.165, 1.54) is 25.4 Å². The number of methoxy groups -OCH3 is 1. The van der Waals surface area contributed by atoms with Crippen LogP contribution in [0.25, 0.3) is 10.8 Å². The molecule has 0 bridgehead atoms. The second-order valence-electron chi connectivity index (χ2n) is 7.10. The van der Waals surface area contributed by atoms with E-state index in [0.717, 1.165) is 0 Å². The van der Waals surface area contributed by atoms with E-state index in [4.69, 9.17) is 9.47 Å². The number of pyridine rings is 1. The fourth-order valence-corrected chi connectivity index (χ4v) is 4.16. The van der Waals surface area contributed by atoms with Crippen LogP contribution in [0.3, 0.4) is 0 Å². The van der Waals surface area contributed by atoms with E-state index in [2.05, 4.69) is 4.98 Å². The minimum absolute atomic E-state index is 0.0311. The number of carbonyl (C=O) groups excluding carboxylic acids is 1. The first kappa shape index (κ1) is 22.7. The molecule has 3 aromatic rings. The van der Waals surface area contributed by atoms with Crippen molar-refractivity contribution in [1.82, 2.24) is 4.98 Å². The van der Waals surface area contributed by atoms with Crippen molar-refractivity contribution >= 4 is 26.6 Å². The Hall–Kier alpha value is -3.00. The van der Waals surface area contributed by atoms with Gasteiger partial charge in [0, 0.05) is 17.1 Å². The Labute approximate surface area is 180 Å². The molecular weight excluding hydrogens is 421 g/mol. The van der Waals surface area contributed by atoms with Gasteiger partial charge in [-0.15, -0.1) is 0 Å². The second kappa shape index (κ2) is 9.01. The first-order chi connectivity index (χ1) is 14.7. The maximum Gasteiger partial charge on any atom is 0.309 e. The number of carbonyl (C=O) groups is 1. The largest absolute Gasteiger partial charge is 0.469 e. The van der Waals surface area contributed by atoms with Gasteiger partial charge in [0.05, 0.1) is 24.2 Å². The van der Waals surface area contributed by atoms with Gasteiger partial charge in [0.2, 0.25) is 5.88 Å². The molecule has 8 heteroatoms. The molecule has 2 aromatic carbocycles. The molecule has 1 heterocycles. The lowest BCUT2D eigenvalue weighted by Crippen LogP contribution is -2.08. The van der Waals surface area contributed by atoms with Crippen LogP contribution < -0.4 is 4.74 Å². The minimum atomic E-state index is -3.41. The molecule has 0 fully saturated rings. The number of nitrogens with zero attached hydrogens (tertiary/aromatic N) is 1. The predicted octanol–water partition coefficient (Wildman–Crippen LogP) is 4.55. The van der Waals surface area contributed by atoms with Gasteiger partial charge in [-0.3, -0.25) is 4.79 Å². The van der Waals surface area contributed by atoms with Gasteiger partial charge in [0.25, 0.3) is 0 Å². The third-order valence-corrected chi connectivity index (χ3v) is 6.90. The molecule has 31 heavy (non-hydrogen) atoms. The van der Waals surface area contributed by atoms with Gasteiger partial charge in [-0.1, -0.05) is 26.0 Å². The molecule has 0 atom stereocenters. The number of aromatic nitrogens is 1. The van der Waals surface area contributed by atoms with E-state index >= 15 is 0 Å². The molecule has 1 aromatic heterocycles. The van der Waals surface area contributed by atoms with Gasteiger partial charge in [0.1, 0.15) is 11.6 Å². The highest BCUT2D eigenvalue weighted by molar-refractivity contribution is 7.91. The fraction of sp³-hybridized carbons (Fsp3) is 0.304. The lowest BCUT2D eigenvalue weighted by molar-refractivity contribution is -0.139. The first-order valence-electron chi connectivity index (χ1n) is 9.88. The van der Waals surface area contributed by atoms with Crippen LogP contribution in [0.15, 0.2) is 41.4 Å². The molecule has 6 nitrogen and oxygen atoms in total. The van der Waals surface area contributed by atoms with Gasteiger partial charge in [-0.2, -0.15) is 0 Å². The molecule has 3 rings (SSSR count). The number of esters is 1. The molecule has 0 saturated carbocycles. The number of halogens is 1. The highest BCUT2D eigenvalue weighted by Gasteiger charge is 2.19. The summed E-state index contributed by atoms with van der Waals surface area (Å²) in [6.45, 7) is 5.21. The summed E-state index contributed by atoms with van der Waals surface area (Å²) in [7, 11) is -2.10. The van der Waals surface area contributed by atoms with Crippen molar-refractivity contribution in [3.05, 3.63) is 59.0 Å². The van der Waals surface area contributed by atoms with Crippen molar-refractivity contribution < 1.29 is 27.1 Å². The average molecular weight is 446 g/mol. The Bertz CT molecular complexity index is 1250. The van der Waals surface area contributed by atoms with Gasteiger partial charge >= 0.3 is 5.97 Å². The highest BCUT2D eigenvalue weighted by atomic mass is 32.2. The topological polar surface area (TPSA) is 82.6 Å². The highest BCUT2D eigenvalue weighted by Crippen LogP contribution is 2.37. The quantitative estimate of drug-likeness (QED) is 0.497. The minimum Gasteiger partial charge on any atom is -0.469 e. The van der Waals surface area contributed by atoms with Gasteiger partial charge in [-0.05, 0) is 48.1 Å². The smallest absolute Gasteiger partial charge is 0.309 e. The van der Waals surface area contributed by atoms with E-state index in [1.54, 1.807) is 32.0 Å². The number of benzene rings is 2. The summed E-state index contributed by atoms with van der Waals surface area (Å²) in [4.78, 5) is 16.2. The molecule has 164 valence electrons. The molecule has 0 saturated heterocycles. The van der Waals surface area contributed by atoms with E-state index in [1.807, 2.05) is 6.92 Å². The van der Waals surface area contributed by atoms with Crippen LogP contribution in [0.4, 0.5) is 4.39 Å². The monoisotopic (exact) mass is 445 g/mol. The number of sulfone groups is 1. The number of rotatable bonds is 7. The number of ether oxygens (including phenoxy) is 2. The summed E-state index contributed by atoms with van der Waals surface area (Å²) in [5.41, 5.74) is 1.94. The van der Waals surface area contributed by atoms with Crippen molar-refractivity contribution in [2.75, 3.05) is 12.9 Å². The lowest BCUT2D eigenvalue weighted by Gasteiger charge is -2.17. The van der Waals surface area contributed by atoms with Crippen LogP contribution in [0.1, 0.15) is 30.5 Å². The number of aryl methyl sites for hydroxylation is 1. The summed E-state index contributed by atoms with van der Waals surface area (Å²) in [6.07, 6.45) is 1.79. The van der Waals surface area contributed by atoms with Crippen molar-refractivity contribution in [2.24, 2.45) is 0 Å². The van der Waals surface area contributed by atoms with Crippen LogP contribution in [-0.4, -0.2) is 32.2 Å². The number of hydrogen-bond donors (Lipinski definition) is 0. The molecule has 0 aliphatic heterocycles. The zero-order valence-electron chi connectivity index (χ0n) is 17.9. The Morgan fingerprint density at radius 1 is 1.13 bits per heavy atom. The molecule has 0 amide bonds. The molecule has 0 aliphatic carbocycles. The molecular formula is C23H24FNO5S. The maximum atomic E-state index is 14.0. The molecule has 0 N–H and O–H groups in total. The average Bonchev–Trinajstić information content (AvgIpc) is 2.76. The van der Waals surface area contributed by atoms with Crippen molar-refractivity contribution in [1.29, 1.82) is 0 Å². The fourth-order valence-electron chi connectivity index (χ4n) is 3.29. The van der Waals surface area contributed by atoms with Crippen LogP contribution in [0.5, 0.6) is 11.6 Å². The van der Waals surface area contributed by atoms with Crippen LogP contribution in [0, 0.1) is 12.7 Å². The van der Waals surface area contributed by atoms with Crippen LogP contribution in [-0.2, 0) is 32.2 Å². The second-order valence-corrected chi connectivity index (χ2v) is 9.38. The number of hydrogen-bond acceptors (Lipinski definition) is 6. The van der Waals surface area contributed by atoms with Crippen molar-refractivity contribution in [3.63, 3.8) is 0 Å². The zero-order valence-corrected chi connectivity index (χ0v) is 18.7. The number of fused-ring (bicyclic) bond motifs is 1. The summed E-state index contributed by atoms with van der Waals surface area (Å²) < 4.78 is 49.4. The Kier molecular flexibility index (Phi) is 6.59. The lowest BCUT2D eigenvalue weighted by atomic mass is 9.98. The summed E-state index contributed by atoms with van der Waals surface area (Å²) >= 11 is 0. The summed E-state index contributed by atoms with van der Waals surface area (Å²) in [6, 6.07) is 7.67. The molecule has 0 spiro atoms. The van der Waals surface area contributed by atoms with Gasteiger partial charge in [0.15, 0.2) is 9.84 Å². The van der Waals surface area contributed by atoms with Crippen molar-refractivity contribution in [2.45, 2.75) is 38.5 Å². The molecule has 0 unspecified atom stereocenters. The van der Waals surface area contributed by atoms with E-state index in [-0.39, 0.29) is 22.9 Å². The maximum absolute atomic E-state index is 14.0. The van der Waals surface area contributed by atoms with Gasteiger partial charge < -0.3 is 9.47 Å². The normalized spacial score (nSPS) is 11.5. The van der Waals surface area contributed by atoms with Crippen LogP contribution in [0.2, 0.25) is 0 Å². The summed E-state index contributed by atoms with van der Waals surface area (Å²) in [5, 5.41) is 1.23. The Morgan fingerprint density at radius 3 is 2.52 bits per heavy atom. The predicted molar refractivity (Wildman–Crippen MR) is 116 cm³/mol. The van der Waals surface area contributed by atoms with E-state index in [9.17, 15) is 17.6 Å². The third kappa shape index (κ3) is 4.69. The van der Waals surface area contributed by atoms with Crippen molar-refractivity contribution in [3.8, 4) is 11.6 Å². The third-order valence-electron chi connectivity index (χ3n) is 5.19. The summed E-state index contributed by atoms with van der Waals surface area (Å²) in [5.74, 6) is -0.260. The Balaban J connectivity index is 2.17. The zero-order chi connectivity index (χ0) is 22.8. The molecule has 0 radical (unpaired) electrons. The SMILES string of the molecule is CCc1cc(S(=O)(=O)CC)cnc1Oc1c(C)c(CC(=O)OC)cc2ccc(F)cc12. The first-order valence-corrected chi connectivity index (χ1v) is 11.5. The van der Waals surface area contributed by atoms with Gasteiger partial charge in [-0.25, -0.2) is 17.8 Å². The van der Waals surface area contributed by atoms with E-state index in [0.29, 0.717) is 39.6 Å². The standard InChI is InChI=1S/C23H24FNO5S/c1-5-15-10-19(31(27,28)6-2)13-25-23(15)30-22-14(3)17(11-21(26)29-4)9-16-7-8-18(24)12-20(16)22/h7-10,12-13H,5-6,11H2,1-4H3. The van der Waals surface area contributed by atoms with Crippen LogP contribution >= 0.6 is 0 Å². The van der Waals surface area contributed by atoms with E-state index < -0.39 is 21.6 Å².